The summed E-state index contributed by atoms with van der Waals surface area (Å²) in [6.45, 7) is 2.24. The van der Waals surface area contributed by atoms with Gasteiger partial charge in [0.25, 0.3) is 0 Å². The Hall–Kier alpha value is -2.07. The third-order valence-electron chi connectivity index (χ3n) is 3.64. The van der Waals surface area contributed by atoms with E-state index in [2.05, 4.69) is 22.0 Å². The maximum Gasteiger partial charge on any atom is 0.142 e. The Labute approximate surface area is 119 Å². The Bertz CT molecular complexity index is 559. The zero-order chi connectivity index (χ0) is 13.8. The fraction of sp³-hybridized carbons (Fsp3) is 0.312. The molecule has 0 saturated carbocycles. The predicted octanol–water partition coefficient (Wildman–Crippen LogP) is 2.37. The number of fused-ring (bicyclic) bond motifs is 1. The summed E-state index contributed by atoms with van der Waals surface area (Å²) in [5.41, 5.74) is 8.29. The summed E-state index contributed by atoms with van der Waals surface area (Å²) in [6, 6.07) is 12.3. The van der Waals surface area contributed by atoms with E-state index < -0.39 is 0 Å². The van der Waals surface area contributed by atoms with E-state index in [-0.39, 0.29) is 6.04 Å². The molecule has 3 rings (SSSR count). The third kappa shape index (κ3) is 2.47. The van der Waals surface area contributed by atoms with Crippen molar-refractivity contribution in [2.75, 3.05) is 24.6 Å². The van der Waals surface area contributed by atoms with Gasteiger partial charge in [-0.1, -0.05) is 18.2 Å². The van der Waals surface area contributed by atoms with Crippen molar-refractivity contribution in [1.29, 1.82) is 0 Å². The predicted molar refractivity (Wildman–Crippen MR) is 79.9 cm³/mol. The smallest absolute Gasteiger partial charge is 0.142 e. The van der Waals surface area contributed by atoms with Crippen LogP contribution in [0.5, 0.6) is 5.75 Å². The first kappa shape index (κ1) is 12.9. The van der Waals surface area contributed by atoms with Crippen molar-refractivity contribution in [3.63, 3.8) is 0 Å². The summed E-state index contributed by atoms with van der Waals surface area (Å²) in [5.74, 6) is 0.937. The second-order valence-corrected chi connectivity index (χ2v) is 4.90. The van der Waals surface area contributed by atoms with E-state index in [9.17, 15) is 0 Å². The van der Waals surface area contributed by atoms with E-state index in [1.165, 1.54) is 0 Å². The summed E-state index contributed by atoms with van der Waals surface area (Å²) >= 11 is 0. The molecular formula is C16H19N3O. The Kier molecular flexibility index (Phi) is 3.83. The maximum absolute atomic E-state index is 6.03. The molecule has 0 spiro atoms. The molecule has 1 aliphatic heterocycles. The molecule has 1 aromatic heterocycles. The number of anilines is 1. The molecule has 4 nitrogen and oxygen atoms in total. The lowest BCUT2D eigenvalue weighted by atomic mass is 10.1. The molecule has 0 saturated heterocycles. The summed E-state index contributed by atoms with van der Waals surface area (Å²) in [7, 11) is 0. The molecule has 2 N–H and O–H groups in total. The minimum Gasteiger partial charge on any atom is -0.491 e. The molecule has 1 aliphatic rings. The van der Waals surface area contributed by atoms with Gasteiger partial charge < -0.3 is 15.4 Å². The summed E-state index contributed by atoms with van der Waals surface area (Å²) < 4.78 is 5.81. The first-order valence-electron chi connectivity index (χ1n) is 6.98. The van der Waals surface area contributed by atoms with E-state index in [1.807, 2.05) is 30.5 Å². The van der Waals surface area contributed by atoms with Gasteiger partial charge in [-0.25, -0.2) is 0 Å². The minimum atomic E-state index is 0.131. The van der Waals surface area contributed by atoms with Crippen LogP contribution in [0.2, 0.25) is 0 Å². The number of para-hydroxylation sites is 2. The van der Waals surface area contributed by atoms with E-state index in [0.717, 1.165) is 36.6 Å². The second-order valence-electron chi connectivity index (χ2n) is 4.90. The fourth-order valence-corrected chi connectivity index (χ4v) is 2.69. The van der Waals surface area contributed by atoms with Crippen molar-refractivity contribution in [1.82, 2.24) is 4.98 Å². The molecule has 1 aromatic carbocycles. The van der Waals surface area contributed by atoms with Crippen LogP contribution < -0.4 is 15.4 Å². The maximum atomic E-state index is 6.03. The van der Waals surface area contributed by atoms with Crippen molar-refractivity contribution in [2.24, 2.45) is 5.73 Å². The van der Waals surface area contributed by atoms with Gasteiger partial charge in [0.05, 0.1) is 18.3 Å². The highest BCUT2D eigenvalue weighted by molar-refractivity contribution is 5.60. The van der Waals surface area contributed by atoms with Gasteiger partial charge in [-0.2, -0.15) is 0 Å². The largest absolute Gasteiger partial charge is 0.491 e. The molecule has 20 heavy (non-hydrogen) atoms. The number of aromatic nitrogens is 1. The fourth-order valence-electron chi connectivity index (χ4n) is 2.69. The van der Waals surface area contributed by atoms with Crippen LogP contribution >= 0.6 is 0 Å². The topological polar surface area (TPSA) is 51.4 Å². The number of pyridine rings is 1. The van der Waals surface area contributed by atoms with Crippen LogP contribution in [0, 0.1) is 0 Å². The molecule has 0 amide bonds. The Morgan fingerprint density at radius 1 is 1.25 bits per heavy atom. The van der Waals surface area contributed by atoms with Gasteiger partial charge in [0.2, 0.25) is 0 Å². The number of benzene rings is 1. The standard InChI is InChI=1S/C16H19N3O/c17-11-15(13-5-3-8-18-12-13)19-9-4-10-20-16-7-2-1-6-14(16)19/h1-3,5-8,12,15H,4,9-11,17H2. The zero-order valence-electron chi connectivity index (χ0n) is 11.4. The molecule has 4 heteroatoms. The molecule has 2 heterocycles. The van der Waals surface area contributed by atoms with E-state index in [4.69, 9.17) is 10.5 Å². The summed E-state index contributed by atoms with van der Waals surface area (Å²) in [5, 5.41) is 0. The quantitative estimate of drug-likeness (QED) is 0.929. The van der Waals surface area contributed by atoms with Gasteiger partial charge in [-0.15, -0.1) is 0 Å². The Balaban J connectivity index is 1.99. The number of hydrogen-bond donors (Lipinski definition) is 1. The molecular weight excluding hydrogens is 250 g/mol. The highest BCUT2D eigenvalue weighted by Gasteiger charge is 2.24. The van der Waals surface area contributed by atoms with Gasteiger partial charge in [-0.3, -0.25) is 4.98 Å². The van der Waals surface area contributed by atoms with Crippen molar-refractivity contribution in [3.05, 3.63) is 54.4 Å². The van der Waals surface area contributed by atoms with Gasteiger partial charge in [0, 0.05) is 25.5 Å². The average molecular weight is 269 g/mol. The molecule has 0 fully saturated rings. The third-order valence-corrected chi connectivity index (χ3v) is 3.64. The van der Waals surface area contributed by atoms with Crippen LogP contribution in [-0.2, 0) is 0 Å². The van der Waals surface area contributed by atoms with Crippen LogP contribution in [0.1, 0.15) is 18.0 Å². The van der Waals surface area contributed by atoms with E-state index >= 15 is 0 Å². The lowest BCUT2D eigenvalue weighted by molar-refractivity contribution is 0.322. The summed E-state index contributed by atoms with van der Waals surface area (Å²) in [4.78, 5) is 6.55. The van der Waals surface area contributed by atoms with Crippen molar-refractivity contribution in [3.8, 4) is 5.75 Å². The molecule has 1 unspecified atom stereocenters. The Morgan fingerprint density at radius 3 is 2.95 bits per heavy atom. The zero-order valence-corrected chi connectivity index (χ0v) is 11.4. The summed E-state index contributed by atoms with van der Waals surface area (Å²) in [6.07, 6.45) is 4.67. The SMILES string of the molecule is NCC(c1cccnc1)N1CCCOc2ccccc21. The molecule has 0 bridgehead atoms. The number of hydrogen-bond acceptors (Lipinski definition) is 4. The molecule has 1 atom stereocenters. The number of ether oxygens (including phenoxy) is 1. The van der Waals surface area contributed by atoms with Gasteiger partial charge in [0.15, 0.2) is 0 Å². The van der Waals surface area contributed by atoms with Crippen LogP contribution in [0.4, 0.5) is 5.69 Å². The second kappa shape index (κ2) is 5.92. The monoisotopic (exact) mass is 269 g/mol. The first-order valence-corrected chi connectivity index (χ1v) is 6.98. The lowest BCUT2D eigenvalue weighted by Crippen LogP contribution is -2.34. The number of rotatable bonds is 3. The molecule has 0 aliphatic carbocycles. The van der Waals surface area contributed by atoms with E-state index in [1.54, 1.807) is 6.20 Å². The normalized spacial score (nSPS) is 15.9. The van der Waals surface area contributed by atoms with Crippen molar-refractivity contribution in [2.45, 2.75) is 12.5 Å². The van der Waals surface area contributed by atoms with Gasteiger partial charge in [0.1, 0.15) is 5.75 Å². The first-order chi connectivity index (χ1) is 9.90. The molecule has 2 aromatic rings. The molecule has 0 radical (unpaired) electrons. The van der Waals surface area contributed by atoms with E-state index in [0.29, 0.717) is 6.54 Å². The van der Waals surface area contributed by atoms with Crippen LogP contribution in [-0.4, -0.2) is 24.7 Å². The minimum absolute atomic E-state index is 0.131. The van der Waals surface area contributed by atoms with Gasteiger partial charge >= 0.3 is 0 Å². The highest BCUT2D eigenvalue weighted by atomic mass is 16.5. The van der Waals surface area contributed by atoms with Crippen LogP contribution in [0.25, 0.3) is 0 Å². The molecule has 104 valence electrons. The van der Waals surface area contributed by atoms with Crippen molar-refractivity contribution < 1.29 is 4.74 Å². The number of nitrogens with zero attached hydrogens (tertiary/aromatic N) is 2. The lowest BCUT2D eigenvalue weighted by Gasteiger charge is -2.32. The average Bonchev–Trinajstić information content (AvgIpc) is 2.72. The van der Waals surface area contributed by atoms with Gasteiger partial charge in [-0.05, 0) is 30.2 Å². The Morgan fingerprint density at radius 2 is 2.15 bits per heavy atom. The highest BCUT2D eigenvalue weighted by Crippen LogP contribution is 2.35. The van der Waals surface area contributed by atoms with Crippen molar-refractivity contribution >= 4 is 5.69 Å². The van der Waals surface area contributed by atoms with Crippen LogP contribution in [0.3, 0.4) is 0 Å². The number of nitrogens with two attached hydrogens (primary N) is 1. The van der Waals surface area contributed by atoms with Crippen LogP contribution in [0.15, 0.2) is 48.8 Å².